The van der Waals surface area contributed by atoms with Crippen LogP contribution in [0.25, 0.3) is 0 Å². The molecule has 0 heterocycles. The Bertz CT molecular complexity index is 499. The van der Waals surface area contributed by atoms with Gasteiger partial charge in [0.05, 0.1) is 9.85 Å². The molecule has 96 valence electrons. The lowest BCUT2D eigenvalue weighted by Gasteiger charge is -2.02. The lowest BCUT2D eigenvalue weighted by Crippen LogP contribution is -2.02. The Morgan fingerprint density at radius 2 is 1.89 bits per heavy atom. The molecule has 18 heavy (non-hydrogen) atoms. The van der Waals surface area contributed by atoms with Gasteiger partial charge in [-0.2, -0.15) is 0 Å². The third-order valence-corrected chi connectivity index (χ3v) is 2.31. The Morgan fingerprint density at radius 3 is 2.39 bits per heavy atom. The van der Waals surface area contributed by atoms with Crippen LogP contribution < -0.4 is 0 Å². The Hall–Kier alpha value is -2.51. The average molecular weight is 254 g/mol. The van der Waals surface area contributed by atoms with Crippen molar-refractivity contribution in [3.8, 4) is 0 Å². The molecule has 0 spiro atoms. The molecule has 8 nitrogen and oxygen atoms in total. The number of carboxylic acids is 1. The minimum absolute atomic E-state index is 0.115. The zero-order chi connectivity index (χ0) is 13.7. The second-order valence-electron chi connectivity index (χ2n) is 3.55. The van der Waals surface area contributed by atoms with Crippen LogP contribution in [0.1, 0.15) is 18.4 Å². The van der Waals surface area contributed by atoms with Gasteiger partial charge in [0.25, 0.3) is 0 Å². The van der Waals surface area contributed by atoms with E-state index in [-0.39, 0.29) is 24.8 Å². The van der Waals surface area contributed by atoms with Gasteiger partial charge >= 0.3 is 17.3 Å². The highest BCUT2D eigenvalue weighted by Crippen LogP contribution is 2.31. The smallest absolute Gasteiger partial charge is 0.349 e. The third kappa shape index (κ3) is 3.24. The SMILES string of the molecule is O=C(O)CCCc1cccc([N+](=O)[O-])c1[N+](=O)[O-]. The molecule has 0 aliphatic rings. The first-order chi connectivity index (χ1) is 8.43. The van der Waals surface area contributed by atoms with Crippen LogP contribution in [0.4, 0.5) is 11.4 Å². The van der Waals surface area contributed by atoms with Crippen molar-refractivity contribution in [1.29, 1.82) is 0 Å². The van der Waals surface area contributed by atoms with E-state index in [2.05, 4.69) is 0 Å². The fourth-order valence-electron chi connectivity index (χ4n) is 1.57. The first kappa shape index (κ1) is 13.6. The Balaban J connectivity index is 3.03. The summed E-state index contributed by atoms with van der Waals surface area (Å²) >= 11 is 0. The molecule has 0 unspecified atom stereocenters. The highest BCUT2D eigenvalue weighted by atomic mass is 16.6. The second-order valence-corrected chi connectivity index (χ2v) is 3.55. The Kier molecular flexibility index (Phi) is 4.30. The number of benzene rings is 1. The number of rotatable bonds is 6. The molecule has 1 N–H and O–H groups in total. The zero-order valence-electron chi connectivity index (χ0n) is 9.24. The van der Waals surface area contributed by atoms with Crippen LogP contribution in [0.2, 0.25) is 0 Å². The zero-order valence-corrected chi connectivity index (χ0v) is 9.24. The first-order valence-electron chi connectivity index (χ1n) is 5.06. The summed E-state index contributed by atoms with van der Waals surface area (Å²) in [6, 6.07) is 3.80. The van der Waals surface area contributed by atoms with E-state index in [1.54, 1.807) is 0 Å². The predicted molar refractivity (Wildman–Crippen MR) is 60.3 cm³/mol. The molecule has 1 rings (SSSR count). The van der Waals surface area contributed by atoms with Crippen LogP contribution in [-0.2, 0) is 11.2 Å². The maximum atomic E-state index is 10.8. The van der Waals surface area contributed by atoms with Gasteiger partial charge in [0.15, 0.2) is 0 Å². The fourth-order valence-corrected chi connectivity index (χ4v) is 1.57. The van der Waals surface area contributed by atoms with Gasteiger partial charge in [-0.15, -0.1) is 0 Å². The van der Waals surface area contributed by atoms with Crippen molar-refractivity contribution in [3.63, 3.8) is 0 Å². The van der Waals surface area contributed by atoms with Gasteiger partial charge in [-0.25, -0.2) is 0 Å². The molecule has 0 aromatic heterocycles. The number of carbonyl (C=O) groups is 1. The fraction of sp³-hybridized carbons (Fsp3) is 0.300. The summed E-state index contributed by atoms with van der Waals surface area (Å²) in [5, 5.41) is 30.0. The molecule has 8 heteroatoms. The summed E-state index contributed by atoms with van der Waals surface area (Å²) < 4.78 is 0. The van der Waals surface area contributed by atoms with E-state index in [0.29, 0.717) is 0 Å². The summed E-state index contributed by atoms with van der Waals surface area (Å²) in [5.74, 6) is -1.01. The van der Waals surface area contributed by atoms with E-state index in [4.69, 9.17) is 5.11 Å². The van der Waals surface area contributed by atoms with Crippen LogP contribution in [0, 0.1) is 20.2 Å². The van der Waals surface area contributed by atoms with Gasteiger partial charge in [0.2, 0.25) is 0 Å². The molecule has 0 aliphatic carbocycles. The molecule has 0 amide bonds. The number of nitro benzene ring substituents is 2. The van der Waals surface area contributed by atoms with Gasteiger partial charge in [-0.1, -0.05) is 12.1 Å². The monoisotopic (exact) mass is 254 g/mol. The second kappa shape index (κ2) is 5.71. The van der Waals surface area contributed by atoms with Crippen LogP contribution in [-0.4, -0.2) is 20.9 Å². The van der Waals surface area contributed by atoms with Crippen LogP contribution in [0.15, 0.2) is 18.2 Å². The van der Waals surface area contributed by atoms with Crippen LogP contribution in [0.5, 0.6) is 0 Å². The van der Waals surface area contributed by atoms with E-state index in [1.165, 1.54) is 12.1 Å². The van der Waals surface area contributed by atoms with Gasteiger partial charge < -0.3 is 5.11 Å². The van der Waals surface area contributed by atoms with E-state index in [0.717, 1.165) is 6.07 Å². The summed E-state index contributed by atoms with van der Waals surface area (Å²) in [5.41, 5.74) is -0.962. The number of aryl methyl sites for hydroxylation is 1. The Labute approximate surface area is 101 Å². The Morgan fingerprint density at radius 1 is 1.22 bits per heavy atom. The lowest BCUT2D eigenvalue weighted by atomic mass is 10.1. The van der Waals surface area contributed by atoms with E-state index >= 15 is 0 Å². The molecule has 0 saturated carbocycles. The summed E-state index contributed by atoms with van der Waals surface area (Å²) in [6.07, 6.45) is 0.168. The minimum atomic E-state index is -1.01. The van der Waals surface area contributed by atoms with Crippen LogP contribution >= 0.6 is 0 Å². The molecule has 0 atom stereocenters. The van der Waals surface area contributed by atoms with Gasteiger partial charge in [0.1, 0.15) is 0 Å². The number of aliphatic carboxylic acids is 1. The van der Waals surface area contributed by atoms with Crippen molar-refractivity contribution in [2.45, 2.75) is 19.3 Å². The van der Waals surface area contributed by atoms with Crippen LogP contribution in [0.3, 0.4) is 0 Å². The predicted octanol–water partition coefficient (Wildman–Crippen LogP) is 1.91. The number of hydrogen-bond acceptors (Lipinski definition) is 5. The standard InChI is InChI=1S/C10H10N2O6/c13-9(14)6-2-4-7-3-1-5-8(11(15)16)10(7)12(17)18/h1,3,5H,2,4,6H2,(H,13,14). The lowest BCUT2D eigenvalue weighted by molar-refractivity contribution is -0.423. The third-order valence-electron chi connectivity index (χ3n) is 2.31. The molecular weight excluding hydrogens is 244 g/mol. The number of nitro groups is 2. The molecule has 0 radical (unpaired) electrons. The largest absolute Gasteiger partial charge is 0.481 e. The van der Waals surface area contributed by atoms with Crippen molar-refractivity contribution in [1.82, 2.24) is 0 Å². The number of para-hydroxylation sites is 1. The highest BCUT2D eigenvalue weighted by molar-refractivity contribution is 5.66. The highest BCUT2D eigenvalue weighted by Gasteiger charge is 2.27. The van der Waals surface area contributed by atoms with Gasteiger partial charge in [0, 0.05) is 18.1 Å². The van der Waals surface area contributed by atoms with Gasteiger partial charge in [-0.3, -0.25) is 25.0 Å². The number of nitrogens with zero attached hydrogens (tertiary/aromatic N) is 2. The molecule has 0 fully saturated rings. The van der Waals surface area contributed by atoms with Crippen molar-refractivity contribution in [3.05, 3.63) is 44.0 Å². The first-order valence-corrected chi connectivity index (χ1v) is 5.06. The average Bonchev–Trinajstić information content (AvgIpc) is 2.27. The quantitative estimate of drug-likeness (QED) is 0.610. The molecule has 0 aliphatic heterocycles. The molecule has 0 saturated heterocycles. The summed E-state index contributed by atoms with van der Waals surface area (Å²) in [4.78, 5) is 30.2. The summed E-state index contributed by atoms with van der Waals surface area (Å²) in [6.45, 7) is 0. The molecule has 1 aromatic rings. The normalized spacial score (nSPS) is 10.0. The maximum Gasteiger partial charge on any atom is 0.349 e. The molecule has 1 aromatic carbocycles. The van der Waals surface area contributed by atoms with Crippen molar-refractivity contribution in [2.75, 3.05) is 0 Å². The van der Waals surface area contributed by atoms with E-state index in [1.807, 2.05) is 0 Å². The van der Waals surface area contributed by atoms with Crippen molar-refractivity contribution < 1.29 is 19.7 Å². The van der Waals surface area contributed by atoms with Crippen molar-refractivity contribution >= 4 is 17.3 Å². The van der Waals surface area contributed by atoms with E-state index in [9.17, 15) is 25.0 Å². The minimum Gasteiger partial charge on any atom is -0.481 e. The number of hydrogen-bond donors (Lipinski definition) is 1. The van der Waals surface area contributed by atoms with Crippen molar-refractivity contribution in [2.24, 2.45) is 0 Å². The number of carboxylic acid groups (broad SMARTS) is 1. The van der Waals surface area contributed by atoms with E-state index < -0.39 is 27.2 Å². The molecular formula is C10H10N2O6. The topological polar surface area (TPSA) is 124 Å². The summed E-state index contributed by atoms with van der Waals surface area (Å²) in [7, 11) is 0. The van der Waals surface area contributed by atoms with Gasteiger partial charge in [-0.05, 0) is 12.8 Å². The maximum absolute atomic E-state index is 10.8. The molecule has 0 bridgehead atoms.